The number of rotatable bonds is 15. The Hall–Kier alpha value is -7.48. The van der Waals surface area contributed by atoms with Crippen molar-refractivity contribution in [2.24, 2.45) is 0 Å². The molecule has 0 saturated heterocycles. The smallest absolute Gasteiger partial charge is 0.335 e. The Morgan fingerprint density at radius 1 is 0.368 bits per heavy atom. The minimum Gasteiger partial charge on any atom is -0.479 e. The van der Waals surface area contributed by atoms with E-state index in [2.05, 4.69) is 147 Å². The van der Waals surface area contributed by atoms with Crippen LogP contribution in [-0.4, -0.2) is 118 Å². The predicted molar refractivity (Wildman–Crippen MR) is 301 cm³/mol. The van der Waals surface area contributed by atoms with Crippen molar-refractivity contribution in [3.63, 3.8) is 0 Å². The third kappa shape index (κ3) is 13.3. The number of nitrogens with zero attached hydrogens (tertiary/aromatic N) is 4. The lowest BCUT2D eigenvalue weighted by Gasteiger charge is -2.53. The van der Waals surface area contributed by atoms with E-state index in [1.54, 1.807) is 12.2 Å². The van der Waals surface area contributed by atoms with Crippen LogP contribution in [0.2, 0.25) is 0 Å². The number of hydrogen-bond acceptors (Lipinski definition) is 8. The lowest BCUT2D eigenvalue weighted by atomic mass is 9.66. The summed E-state index contributed by atoms with van der Waals surface area (Å²) in [4.78, 5) is 55.0. The number of carboxylic acid groups (broad SMARTS) is 2. The van der Waals surface area contributed by atoms with Crippen LogP contribution in [0.1, 0.15) is 84.7 Å². The normalized spacial score (nSPS) is 22.1. The summed E-state index contributed by atoms with van der Waals surface area (Å²) < 4.78 is 0. The van der Waals surface area contributed by atoms with E-state index in [1.165, 1.54) is 22.3 Å². The number of aliphatic hydroxyl groups excluding tert-OH is 2. The van der Waals surface area contributed by atoms with Crippen molar-refractivity contribution in [1.82, 2.24) is 19.6 Å². The number of hydrogen-bond donors (Lipinski definition) is 4. The average molecular weight is 1030 g/mol. The lowest BCUT2D eigenvalue weighted by Crippen LogP contribution is -2.54. The number of carbonyl (C=O) groups excluding carboxylic acids is 2. The molecule has 2 amide bonds. The van der Waals surface area contributed by atoms with Crippen molar-refractivity contribution < 1.29 is 39.6 Å². The van der Waals surface area contributed by atoms with Crippen molar-refractivity contribution >= 4 is 35.9 Å². The molecule has 12 heteroatoms. The summed E-state index contributed by atoms with van der Waals surface area (Å²) in [7, 11) is 12.7. The van der Waals surface area contributed by atoms with Crippen LogP contribution in [0.5, 0.6) is 0 Å². The first-order valence-corrected chi connectivity index (χ1v) is 25.8. The van der Waals surface area contributed by atoms with Gasteiger partial charge in [0.15, 0.2) is 12.2 Å². The van der Waals surface area contributed by atoms with E-state index >= 15 is 0 Å². The highest BCUT2D eigenvalue weighted by Crippen LogP contribution is 2.52. The molecule has 2 aliphatic carbocycles. The molecular formula is C64H74N4O8. The highest BCUT2D eigenvalue weighted by Gasteiger charge is 2.50. The minimum atomic E-state index is -2.27. The first kappa shape index (κ1) is 57.8. The monoisotopic (exact) mass is 1030 g/mol. The van der Waals surface area contributed by atoms with Gasteiger partial charge in [0.05, 0.1) is 11.1 Å². The van der Waals surface area contributed by atoms with Crippen molar-refractivity contribution in [3.8, 4) is 0 Å². The van der Waals surface area contributed by atoms with Gasteiger partial charge in [-0.25, -0.2) is 9.59 Å². The van der Waals surface area contributed by atoms with Crippen LogP contribution in [0.4, 0.5) is 0 Å². The molecule has 0 bridgehead atoms. The van der Waals surface area contributed by atoms with Crippen molar-refractivity contribution in [2.75, 3.05) is 42.3 Å². The van der Waals surface area contributed by atoms with Crippen LogP contribution < -0.4 is 0 Å². The van der Waals surface area contributed by atoms with E-state index < -0.39 is 24.1 Å². The molecule has 0 unspecified atom stereocenters. The second kappa shape index (κ2) is 26.3. The van der Waals surface area contributed by atoms with Crippen LogP contribution in [0.25, 0.3) is 12.2 Å². The topological polar surface area (TPSA) is 162 Å². The van der Waals surface area contributed by atoms with Crippen LogP contribution in [0.15, 0.2) is 194 Å². The van der Waals surface area contributed by atoms with Crippen LogP contribution in [-0.2, 0) is 41.3 Å². The fourth-order valence-electron chi connectivity index (χ4n) is 11.2. The summed E-state index contributed by atoms with van der Waals surface area (Å²) in [5.41, 5.74) is 6.52. The van der Waals surface area contributed by atoms with Crippen LogP contribution in [0.3, 0.4) is 0 Å². The predicted octanol–water partition coefficient (Wildman–Crippen LogP) is 10.0. The molecule has 2 atom stereocenters. The minimum absolute atomic E-state index is 0.0245. The van der Waals surface area contributed by atoms with Gasteiger partial charge >= 0.3 is 11.9 Å². The van der Waals surface area contributed by atoms with E-state index in [4.69, 9.17) is 20.4 Å². The zero-order valence-corrected chi connectivity index (χ0v) is 44.7. The van der Waals surface area contributed by atoms with Gasteiger partial charge in [-0.2, -0.15) is 0 Å². The summed E-state index contributed by atoms with van der Waals surface area (Å²) in [5.74, 6) is -3.45. The maximum Gasteiger partial charge on any atom is 0.335 e. The molecule has 0 spiro atoms. The van der Waals surface area contributed by atoms with Gasteiger partial charge in [0.1, 0.15) is 0 Å². The van der Waals surface area contributed by atoms with Gasteiger partial charge in [-0.1, -0.05) is 182 Å². The van der Waals surface area contributed by atoms with Crippen LogP contribution >= 0.6 is 0 Å². The summed E-state index contributed by atoms with van der Waals surface area (Å²) in [6, 6.07) is 62.8. The molecule has 2 saturated carbocycles. The largest absolute Gasteiger partial charge is 0.479 e. The van der Waals surface area contributed by atoms with Crippen molar-refractivity contribution in [1.29, 1.82) is 0 Å². The molecule has 398 valence electrons. The van der Waals surface area contributed by atoms with E-state index in [0.29, 0.717) is 0 Å². The average Bonchev–Trinajstić information content (AvgIpc) is 3.50. The molecule has 12 nitrogen and oxygen atoms in total. The summed E-state index contributed by atoms with van der Waals surface area (Å²) in [5, 5.41) is 32.5. The fourth-order valence-corrected chi connectivity index (χ4v) is 11.2. The molecule has 0 aromatic heterocycles. The molecule has 2 fully saturated rings. The zero-order chi connectivity index (χ0) is 54.9. The van der Waals surface area contributed by atoms with E-state index in [-0.39, 0.29) is 34.0 Å². The highest BCUT2D eigenvalue weighted by atomic mass is 16.4. The Balaban J connectivity index is 0.000000210. The molecular weight excluding hydrogens is 953 g/mol. The van der Waals surface area contributed by atoms with Crippen LogP contribution in [0, 0.1) is 0 Å². The van der Waals surface area contributed by atoms with Gasteiger partial charge < -0.3 is 30.2 Å². The van der Waals surface area contributed by atoms with Crippen molar-refractivity contribution in [3.05, 3.63) is 228 Å². The van der Waals surface area contributed by atoms with E-state index in [9.17, 15) is 19.2 Å². The van der Waals surface area contributed by atoms with Gasteiger partial charge in [0.2, 0.25) is 11.8 Å². The quantitative estimate of drug-likeness (QED) is 0.0729. The van der Waals surface area contributed by atoms with Gasteiger partial charge in [-0.05, 0) is 125 Å². The number of likely N-dealkylation sites (N-methyl/N-ethyl adjacent to an activating group) is 2. The van der Waals surface area contributed by atoms with Crippen molar-refractivity contribution in [2.45, 2.75) is 85.7 Å². The molecule has 8 rings (SSSR count). The summed E-state index contributed by atoms with van der Waals surface area (Å²) >= 11 is 0. The third-order valence-electron chi connectivity index (χ3n) is 16.0. The Kier molecular flexibility index (Phi) is 20.0. The van der Waals surface area contributed by atoms with Gasteiger partial charge in [0.25, 0.3) is 0 Å². The molecule has 0 radical (unpaired) electrons. The lowest BCUT2D eigenvalue weighted by molar-refractivity contribution is -0.165. The summed E-state index contributed by atoms with van der Waals surface area (Å²) in [6.45, 7) is 0. The second-order valence-corrected chi connectivity index (χ2v) is 20.2. The molecule has 4 N–H and O–H groups in total. The maximum absolute atomic E-state index is 13.4. The SMILES string of the molecule is CN(C)C1(c2ccccc2)CCC(c2ccccc2)(N(C)C(=O)/C=C/c2ccccc2)CC1.CN(C)C1(c2ccccc2)CCC(c2ccccc2)(N(C)C(=O)/C=C/c2ccccc2)CC1.O=C(O)[C@H](O)[C@@H](O)C(=O)O. The first-order chi connectivity index (χ1) is 36.4. The zero-order valence-electron chi connectivity index (χ0n) is 44.7. The number of carboxylic acids is 2. The first-order valence-electron chi connectivity index (χ1n) is 25.8. The number of aliphatic carboxylic acids is 2. The highest BCUT2D eigenvalue weighted by molar-refractivity contribution is 5.93. The molecule has 2 aliphatic rings. The number of amides is 2. The summed E-state index contributed by atoms with van der Waals surface area (Å²) in [6.07, 6.45) is 10.3. The van der Waals surface area contributed by atoms with E-state index in [1.807, 2.05) is 109 Å². The Morgan fingerprint density at radius 2 is 0.579 bits per heavy atom. The Morgan fingerprint density at radius 3 is 0.803 bits per heavy atom. The number of aliphatic hydroxyl groups is 2. The third-order valence-corrected chi connectivity index (χ3v) is 16.0. The molecule has 6 aromatic rings. The molecule has 0 heterocycles. The number of benzene rings is 6. The fraction of sp³-hybridized carbons (Fsp3) is 0.312. The van der Waals surface area contributed by atoms with Gasteiger partial charge in [-0.15, -0.1) is 0 Å². The van der Waals surface area contributed by atoms with Gasteiger partial charge in [-0.3, -0.25) is 19.4 Å². The molecule has 6 aromatic carbocycles. The second-order valence-electron chi connectivity index (χ2n) is 20.2. The molecule has 0 aliphatic heterocycles. The van der Waals surface area contributed by atoms with E-state index in [0.717, 1.165) is 62.5 Å². The maximum atomic E-state index is 13.4. The number of carbonyl (C=O) groups is 4. The Labute approximate surface area is 448 Å². The Bertz CT molecular complexity index is 2630. The molecule has 76 heavy (non-hydrogen) atoms. The standard InChI is InChI=1S/2C30H34N2O.C4H6O6/c2*1-31(2)29(26-15-9-5-10-16-26)21-23-30(24-22-29,27-17-11-6-12-18-27)32(3)28(33)20-19-25-13-7-4-8-14-25;5-1(3(7)8)2(6)4(9)10/h2*4-20H,21-24H2,1-3H3;1-2,5-6H,(H,7,8)(H,9,10)/b2*20-19+;/t;;1-,2-/m..1/s1. The van der Waals surface area contributed by atoms with Gasteiger partial charge in [0, 0.05) is 37.3 Å².